The van der Waals surface area contributed by atoms with Crippen molar-refractivity contribution in [2.75, 3.05) is 0 Å². The Morgan fingerprint density at radius 3 is 2.30 bits per heavy atom. The van der Waals surface area contributed by atoms with Gasteiger partial charge < -0.3 is 0 Å². The van der Waals surface area contributed by atoms with E-state index >= 15 is 0 Å². The first-order valence-corrected chi connectivity index (χ1v) is 8.33. The van der Waals surface area contributed by atoms with Gasteiger partial charge in [-0.25, -0.2) is 0 Å². The molecule has 0 amide bonds. The summed E-state index contributed by atoms with van der Waals surface area (Å²) in [5.41, 5.74) is 2.21. The highest BCUT2D eigenvalue weighted by molar-refractivity contribution is 5.33. The third-order valence-electron chi connectivity index (χ3n) is 4.82. The molecule has 2 rings (SSSR count). The number of benzene rings is 1. The molecule has 1 aliphatic carbocycles. The molecule has 1 nitrogen and oxygen atoms in total. The zero-order chi connectivity index (χ0) is 14.2. The van der Waals surface area contributed by atoms with E-state index in [0.29, 0.717) is 0 Å². The summed E-state index contributed by atoms with van der Waals surface area (Å²) in [5.74, 6) is 1.70. The van der Waals surface area contributed by atoms with Crippen molar-refractivity contribution < 1.29 is 0 Å². The van der Waals surface area contributed by atoms with Gasteiger partial charge in [-0.2, -0.15) is 5.26 Å². The van der Waals surface area contributed by atoms with Crippen molar-refractivity contribution in [3.05, 3.63) is 35.4 Å². The van der Waals surface area contributed by atoms with Gasteiger partial charge in [-0.05, 0) is 55.2 Å². The number of nitrogens with zero attached hydrogens (tertiary/aromatic N) is 1. The van der Waals surface area contributed by atoms with Gasteiger partial charge in [0.25, 0.3) is 0 Å². The smallest absolute Gasteiger partial charge is 0.0991 e. The summed E-state index contributed by atoms with van der Waals surface area (Å²) in [5, 5.41) is 8.84. The second-order valence-corrected chi connectivity index (χ2v) is 6.30. The van der Waals surface area contributed by atoms with Crippen molar-refractivity contribution in [1.82, 2.24) is 0 Å². The van der Waals surface area contributed by atoms with Crippen LogP contribution >= 0.6 is 0 Å². The van der Waals surface area contributed by atoms with Gasteiger partial charge in [0, 0.05) is 0 Å². The van der Waals surface area contributed by atoms with Gasteiger partial charge in [0.05, 0.1) is 11.6 Å². The highest BCUT2D eigenvalue weighted by Gasteiger charge is 2.21. The topological polar surface area (TPSA) is 23.8 Å². The van der Waals surface area contributed by atoms with Crippen LogP contribution in [0.2, 0.25) is 0 Å². The fourth-order valence-corrected chi connectivity index (χ4v) is 3.47. The SMILES string of the molecule is CCCCCCC1CCC(c2ccc(C#N)cc2)CC1. The second kappa shape index (κ2) is 8.10. The molecule has 0 N–H and O–H groups in total. The molecule has 0 aromatic heterocycles. The average Bonchev–Trinajstić information content (AvgIpc) is 2.52. The Labute approximate surface area is 124 Å². The lowest BCUT2D eigenvalue weighted by molar-refractivity contribution is 0.302. The summed E-state index contributed by atoms with van der Waals surface area (Å²) < 4.78 is 0. The van der Waals surface area contributed by atoms with E-state index in [4.69, 9.17) is 5.26 Å². The first-order valence-electron chi connectivity index (χ1n) is 8.33. The van der Waals surface area contributed by atoms with Crippen LogP contribution < -0.4 is 0 Å². The zero-order valence-electron chi connectivity index (χ0n) is 12.8. The summed E-state index contributed by atoms with van der Waals surface area (Å²) >= 11 is 0. The van der Waals surface area contributed by atoms with Gasteiger partial charge >= 0.3 is 0 Å². The first kappa shape index (κ1) is 15.1. The highest BCUT2D eigenvalue weighted by atomic mass is 14.3. The van der Waals surface area contributed by atoms with Gasteiger partial charge in [0.1, 0.15) is 0 Å². The number of hydrogen-bond donors (Lipinski definition) is 0. The molecule has 0 unspecified atom stereocenters. The molecule has 1 heteroatoms. The van der Waals surface area contributed by atoms with Crippen molar-refractivity contribution in [3.8, 4) is 6.07 Å². The van der Waals surface area contributed by atoms with E-state index in [1.54, 1.807) is 0 Å². The summed E-state index contributed by atoms with van der Waals surface area (Å²) in [6.45, 7) is 2.28. The third kappa shape index (κ3) is 4.37. The summed E-state index contributed by atoms with van der Waals surface area (Å²) in [6.07, 6.45) is 12.5. The van der Waals surface area contributed by atoms with Crippen LogP contribution in [0.4, 0.5) is 0 Å². The van der Waals surface area contributed by atoms with Crippen molar-refractivity contribution in [2.45, 2.75) is 70.6 Å². The van der Waals surface area contributed by atoms with Crippen LogP contribution in [0, 0.1) is 17.2 Å². The van der Waals surface area contributed by atoms with Crippen LogP contribution in [-0.2, 0) is 0 Å². The summed E-state index contributed by atoms with van der Waals surface area (Å²) in [7, 11) is 0. The molecular formula is C19H27N. The van der Waals surface area contributed by atoms with Crippen LogP contribution in [0.25, 0.3) is 0 Å². The molecule has 20 heavy (non-hydrogen) atoms. The summed E-state index contributed by atoms with van der Waals surface area (Å²) in [4.78, 5) is 0. The van der Waals surface area contributed by atoms with Gasteiger partial charge in [-0.1, -0.05) is 51.2 Å². The molecule has 1 fully saturated rings. The molecule has 0 atom stereocenters. The maximum atomic E-state index is 8.84. The van der Waals surface area contributed by atoms with Gasteiger partial charge in [0.15, 0.2) is 0 Å². The first-order chi connectivity index (χ1) is 9.83. The molecule has 0 spiro atoms. The fourth-order valence-electron chi connectivity index (χ4n) is 3.47. The largest absolute Gasteiger partial charge is 0.192 e. The Balaban J connectivity index is 1.74. The lowest BCUT2D eigenvalue weighted by atomic mass is 9.77. The normalized spacial score (nSPS) is 22.4. The van der Waals surface area contributed by atoms with Crippen LogP contribution in [0.15, 0.2) is 24.3 Å². The van der Waals surface area contributed by atoms with Crippen molar-refractivity contribution in [1.29, 1.82) is 5.26 Å². The molecule has 1 saturated carbocycles. The van der Waals surface area contributed by atoms with Crippen molar-refractivity contribution >= 4 is 0 Å². The Bertz CT molecular complexity index is 418. The van der Waals surface area contributed by atoms with Crippen LogP contribution in [0.3, 0.4) is 0 Å². The molecule has 0 saturated heterocycles. The lowest BCUT2D eigenvalue weighted by Gasteiger charge is -2.29. The number of rotatable bonds is 6. The van der Waals surface area contributed by atoms with E-state index in [0.717, 1.165) is 17.4 Å². The molecule has 108 valence electrons. The molecule has 0 radical (unpaired) electrons. The third-order valence-corrected chi connectivity index (χ3v) is 4.82. The van der Waals surface area contributed by atoms with Crippen LogP contribution in [0.1, 0.15) is 81.8 Å². The number of unbranched alkanes of at least 4 members (excludes halogenated alkanes) is 3. The molecule has 0 heterocycles. The summed E-state index contributed by atoms with van der Waals surface area (Å²) in [6, 6.07) is 10.4. The van der Waals surface area contributed by atoms with Crippen molar-refractivity contribution in [2.24, 2.45) is 5.92 Å². The van der Waals surface area contributed by atoms with E-state index in [2.05, 4.69) is 25.1 Å². The molecule has 0 bridgehead atoms. The van der Waals surface area contributed by atoms with E-state index in [1.807, 2.05) is 12.1 Å². The maximum absolute atomic E-state index is 8.84. The van der Waals surface area contributed by atoms with Crippen molar-refractivity contribution in [3.63, 3.8) is 0 Å². The predicted molar refractivity (Wildman–Crippen MR) is 84.6 cm³/mol. The number of nitriles is 1. The van der Waals surface area contributed by atoms with Gasteiger partial charge in [-0.15, -0.1) is 0 Å². The Hall–Kier alpha value is -1.29. The molecule has 1 aliphatic rings. The maximum Gasteiger partial charge on any atom is 0.0991 e. The minimum atomic E-state index is 0.731. The zero-order valence-corrected chi connectivity index (χ0v) is 12.8. The average molecular weight is 269 g/mol. The minimum Gasteiger partial charge on any atom is -0.192 e. The lowest BCUT2D eigenvalue weighted by Crippen LogP contribution is -2.13. The van der Waals surface area contributed by atoms with Crippen LogP contribution in [0.5, 0.6) is 0 Å². The Morgan fingerprint density at radius 2 is 1.70 bits per heavy atom. The quantitative estimate of drug-likeness (QED) is 0.598. The minimum absolute atomic E-state index is 0.731. The van der Waals surface area contributed by atoms with Gasteiger partial charge in [-0.3, -0.25) is 0 Å². The van der Waals surface area contributed by atoms with Gasteiger partial charge in [0.2, 0.25) is 0 Å². The van der Waals surface area contributed by atoms with E-state index < -0.39 is 0 Å². The highest BCUT2D eigenvalue weighted by Crippen LogP contribution is 2.37. The molecule has 0 aliphatic heterocycles. The second-order valence-electron chi connectivity index (χ2n) is 6.30. The fraction of sp³-hybridized carbons (Fsp3) is 0.632. The number of hydrogen-bond acceptors (Lipinski definition) is 1. The molecule has 1 aromatic rings. The van der Waals surface area contributed by atoms with E-state index in [1.165, 1.54) is 63.4 Å². The standard InChI is InChI=1S/C19H27N/c1-2-3-4-5-6-16-7-11-18(12-8-16)19-13-9-17(15-20)10-14-19/h9-10,13-14,16,18H,2-8,11-12H2,1H3. The van der Waals surface area contributed by atoms with E-state index in [9.17, 15) is 0 Å². The molecule has 1 aromatic carbocycles. The monoisotopic (exact) mass is 269 g/mol. The Morgan fingerprint density at radius 1 is 1.00 bits per heavy atom. The Kier molecular flexibility index (Phi) is 6.12. The molecular weight excluding hydrogens is 242 g/mol. The van der Waals surface area contributed by atoms with E-state index in [-0.39, 0.29) is 0 Å². The predicted octanol–water partition coefficient (Wildman–Crippen LogP) is 5.80. The van der Waals surface area contributed by atoms with Crippen LogP contribution in [-0.4, -0.2) is 0 Å².